The highest BCUT2D eigenvalue weighted by molar-refractivity contribution is 5.87. The summed E-state index contributed by atoms with van der Waals surface area (Å²) in [4.78, 5) is 10.8. The van der Waals surface area contributed by atoms with Gasteiger partial charge in [0.25, 0.3) is 5.88 Å². The predicted molar refractivity (Wildman–Crippen MR) is 54.2 cm³/mol. The summed E-state index contributed by atoms with van der Waals surface area (Å²) >= 11 is 0. The molecule has 6 nitrogen and oxygen atoms in total. The lowest BCUT2D eigenvalue weighted by molar-refractivity contribution is 0.0680. The fraction of sp³-hybridized carbons (Fsp3) is 0.100. The van der Waals surface area contributed by atoms with E-state index < -0.39 is 11.8 Å². The van der Waals surface area contributed by atoms with E-state index in [2.05, 4.69) is 10.3 Å². The zero-order valence-electron chi connectivity index (χ0n) is 8.24. The van der Waals surface area contributed by atoms with Gasteiger partial charge >= 0.3 is 5.97 Å². The van der Waals surface area contributed by atoms with E-state index >= 15 is 0 Å². The topological polar surface area (TPSA) is 88.2 Å². The smallest absolute Gasteiger partial charge is 0.359 e. The Morgan fingerprint density at radius 1 is 1.31 bits per heavy atom. The quantitative estimate of drug-likeness (QED) is 0.794. The zero-order valence-corrected chi connectivity index (χ0v) is 8.24. The van der Waals surface area contributed by atoms with Crippen molar-refractivity contribution in [3.63, 3.8) is 0 Å². The van der Waals surface area contributed by atoms with Crippen LogP contribution >= 0.6 is 0 Å². The molecular weight excluding hydrogens is 210 g/mol. The Hall–Kier alpha value is -2.37. The number of hydrogen-bond acceptors (Lipinski definition) is 4. The van der Waals surface area contributed by atoms with Gasteiger partial charge in [-0.25, -0.2) is 9.48 Å². The highest BCUT2D eigenvalue weighted by Gasteiger charge is 2.18. The molecule has 0 amide bonds. The SMILES string of the molecule is O=C(O)c1c(O)nnn1Cc1ccccc1. The van der Waals surface area contributed by atoms with Crippen LogP contribution in [0.5, 0.6) is 5.88 Å². The molecule has 1 heterocycles. The summed E-state index contributed by atoms with van der Waals surface area (Å²) in [6.45, 7) is 0.260. The summed E-state index contributed by atoms with van der Waals surface area (Å²) in [5.74, 6) is -1.82. The van der Waals surface area contributed by atoms with Crippen molar-refractivity contribution in [1.82, 2.24) is 15.0 Å². The number of aromatic carboxylic acids is 1. The third kappa shape index (κ3) is 1.85. The molecule has 82 valence electrons. The van der Waals surface area contributed by atoms with Crippen LogP contribution in [-0.4, -0.2) is 31.2 Å². The molecule has 0 spiro atoms. The Bertz CT molecular complexity index is 507. The molecule has 0 aliphatic rings. The number of rotatable bonds is 3. The molecule has 0 unspecified atom stereocenters. The molecule has 6 heteroatoms. The first-order valence-corrected chi connectivity index (χ1v) is 4.58. The molecule has 0 saturated carbocycles. The zero-order chi connectivity index (χ0) is 11.5. The van der Waals surface area contributed by atoms with Crippen LogP contribution in [-0.2, 0) is 6.54 Å². The number of carboxylic acids is 1. The second kappa shape index (κ2) is 4.01. The number of carboxylic acid groups (broad SMARTS) is 1. The lowest BCUT2D eigenvalue weighted by atomic mass is 10.2. The van der Waals surface area contributed by atoms with Gasteiger partial charge in [0, 0.05) is 0 Å². The summed E-state index contributed by atoms with van der Waals surface area (Å²) < 4.78 is 1.15. The molecule has 0 aliphatic carbocycles. The van der Waals surface area contributed by atoms with Crippen LogP contribution in [0.1, 0.15) is 16.1 Å². The third-order valence-electron chi connectivity index (χ3n) is 2.10. The summed E-state index contributed by atoms with van der Waals surface area (Å²) in [6.07, 6.45) is 0. The molecule has 16 heavy (non-hydrogen) atoms. The van der Waals surface area contributed by atoms with E-state index in [-0.39, 0.29) is 12.2 Å². The molecule has 0 bridgehead atoms. The maximum Gasteiger partial charge on any atom is 0.359 e. The van der Waals surface area contributed by atoms with Crippen molar-refractivity contribution in [2.75, 3.05) is 0 Å². The Morgan fingerprint density at radius 3 is 2.62 bits per heavy atom. The van der Waals surface area contributed by atoms with Crippen molar-refractivity contribution in [1.29, 1.82) is 0 Å². The number of benzene rings is 1. The molecule has 2 aromatic rings. The molecular formula is C10H9N3O3. The Labute approximate surface area is 90.8 Å². The fourth-order valence-corrected chi connectivity index (χ4v) is 1.38. The van der Waals surface area contributed by atoms with Gasteiger partial charge in [0.05, 0.1) is 6.54 Å². The minimum atomic E-state index is -1.25. The molecule has 2 rings (SSSR count). The van der Waals surface area contributed by atoms with Crippen molar-refractivity contribution >= 4 is 5.97 Å². The van der Waals surface area contributed by atoms with Crippen molar-refractivity contribution in [3.05, 3.63) is 41.6 Å². The van der Waals surface area contributed by atoms with Gasteiger partial charge in [-0.2, -0.15) is 0 Å². The minimum Gasteiger partial charge on any atom is -0.490 e. The van der Waals surface area contributed by atoms with Crippen LogP contribution in [0, 0.1) is 0 Å². The first-order valence-electron chi connectivity index (χ1n) is 4.58. The van der Waals surface area contributed by atoms with Gasteiger partial charge < -0.3 is 10.2 Å². The number of hydrogen-bond donors (Lipinski definition) is 2. The Balaban J connectivity index is 2.32. The number of carbonyl (C=O) groups is 1. The van der Waals surface area contributed by atoms with Gasteiger partial charge in [-0.05, 0) is 5.56 Å². The summed E-state index contributed by atoms with van der Waals surface area (Å²) in [5, 5.41) is 24.9. The highest BCUT2D eigenvalue weighted by atomic mass is 16.4. The van der Waals surface area contributed by atoms with Crippen LogP contribution < -0.4 is 0 Å². The largest absolute Gasteiger partial charge is 0.490 e. The van der Waals surface area contributed by atoms with Crippen molar-refractivity contribution in [2.45, 2.75) is 6.54 Å². The standard InChI is InChI=1S/C10H9N3O3/c14-9-8(10(15)16)13(12-11-9)6-7-4-2-1-3-5-7/h1-5,14H,6H2,(H,15,16). The van der Waals surface area contributed by atoms with Gasteiger partial charge in [0.2, 0.25) is 5.69 Å². The third-order valence-corrected chi connectivity index (χ3v) is 2.10. The first kappa shape index (κ1) is 10.2. The molecule has 0 fully saturated rings. The van der Waals surface area contributed by atoms with E-state index in [0.717, 1.165) is 10.2 Å². The number of aromatic hydroxyl groups is 1. The van der Waals surface area contributed by atoms with E-state index in [9.17, 15) is 9.90 Å². The first-order chi connectivity index (χ1) is 7.68. The normalized spacial score (nSPS) is 10.2. The second-order valence-corrected chi connectivity index (χ2v) is 3.21. The minimum absolute atomic E-state index is 0.260. The fourth-order valence-electron chi connectivity index (χ4n) is 1.38. The molecule has 0 atom stereocenters. The monoisotopic (exact) mass is 219 g/mol. The second-order valence-electron chi connectivity index (χ2n) is 3.21. The van der Waals surface area contributed by atoms with E-state index in [1.54, 1.807) is 0 Å². The maximum absolute atomic E-state index is 10.8. The van der Waals surface area contributed by atoms with E-state index in [0.29, 0.717) is 0 Å². The molecule has 0 saturated heterocycles. The molecule has 1 aromatic heterocycles. The molecule has 0 aliphatic heterocycles. The van der Waals surface area contributed by atoms with Crippen molar-refractivity contribution in [3.8, 4) is 5.88 Å². The van der Waals surface area contributed by atoms with Crippen molar-refractivity contribution in [2.24, 2.45) is 0 Å². The van der Waals surface area contributed by atoms with Crippen LogP contribution in [0.4, 0.5) is 0 Å². The van der Waals surface area contributed by atoms with Gasteiger partial charge in [0.1, 0.15) is 0 Å². The van der Waals surface area contributed by atoms with E-state index in [1.165, 1.54) is 0 Å². The predicted octanol–water partition coefficient (Wildman–Crippen LogP) is 0.730. The lowest BCUT2D eigenvalue weighted by Crippen LogP contribution is -2.11. The molecule has 0 radical (unpaired) electrons. The van der Waals surface area contributed by atoms with E-state index in [4.69, 9.17) is 5.11 Å². The molecule has 2 N–H and O–H groups in total. The van der Waals surface area contributed by atoms with Crippen LogP contribution in [0.3, 0.4) is 0 Å². The van der Waals surface area contributed by atoms with Crippen molar-refractivity contribution < 1.29 is 15.0 Å². The van der Waals surface area contributed by atoms with Crippen LogP contribution in [0.2, 0.25) is 0 Å². The Kier molecular flexibility index (Phi) is 2.55. The Morgan fingerprint density at radius 2 is 2.00 bits per heavy atom. The average Bonchev–Trinajstić information content (AvgIpc) is 2.61. The average molecular weight is 219 g/mol. The van der Waals surface area contributed by atoms with E-state index in [1.807, 2.05) is 30.3 Å². The highest BCUT2D eigenvalue weighted by Crippen LogP contribution is 2.13. The maximum atomic E-state index is 10.8. The number of nitrogens with zero attached hydrogens (tertiary/aromatic N) is 3. The summed E-state index contributed by atoms with van der Waals surface area (Å²) in [5.41, 5.74) is 0.582. The van der Waals surface area contributed by atoms with Gasteiger partial charge in [-0.15, -0.1) is 0 Å². The van der Waals surface area contributed by atoms with Crippen LogP contribution in [0.15, 0.2) is 30.3 Å². The van der Waals surface area contributed by atoms with Gasteiger partial charge in [-0.3, -0.25) is 0 Å². The van der Waals surface area contributed by atoms with Gasteiger partial charge in [0.15, 0.2) is 0 Å². The van der Waals surface area contributed by atoms with Gasteiger partial charge in [-0.1, -0.05) is 40.6 Å². The number of aromatic nitrogens is 3. The summed E-state index contributed by atoms with van der Waals surface area (Å²) in [6, 6.07) is 9.22. The lowest BCUT2D eigenvalue weighted by Gasteiger charge is -2.02. The van der Waals surface area contributed by atoms with Crippen LogP contribution in [0.25, 0.3) is 0 Å². The molecule has 1 aromatic carbocycles. The summed E-state index contributed by atoms with van der Waals surface area (Å²) in [7, 11) is 0.